The molecule has 1 fully saturated rings. The Bertz CT molecular complexity index is 417. The number of hydrogen-bond donors (Lipinski definition) is 0. The summed E-state index contributed by atoms with van der Waals surface area (Å²) in [5.74, 6) is 1.91. The Morgan fingerprint density at radius 3 is 1.51 bits per heavy atom. The van der Waals surface area contributed by atoms with E-state index in [2.05, 4.69) is 44.5 Å². The maximum absolute atomic E-state index is 2.81. The highest BCUT2D eigenvalue weighted by molar-refractivity contribution is 4.80. The minimum absolute atomic E-state index is 0.824. The number of rotatable bonds is 24. The summed E-state index contributed by atoms with van der Waals surface area (Å²) in [4.78, 5) is 5.59. The van der Waals surface area contributed by atoms with E-state index in [0.29, 0.717) is 0 Å². The molecule has 35 heavy (non-hydrogen) atoms. The molecule has 0 aromatic heterocycles. The largest absolute Gasteiger partial charge is 0.303 e. The highest BCUT2D eigenvalue weighted by Gasteiger charge is 2.24. The second-order valence-electron chi connectivity index (χ2n) is 12.2. The zero-order valence-electron chi connectivity index (χ0n) is 25.3. The summed E-state index contributed by atoms with van der Waals surface area (Å²) in [6.07, 6.45) is 30.0. The van der Waals surface area contributed by atoms with Gasteiger partial charge in [0.1, 0.15) is 0 Å². The normalized spacial score (nSPS) is 16.5. The van der Waals surface area contributed by atoms with Crippen molar-refractivity contribution in [1.82, 2.24) is 9.80 Å². The van der Waals surface area contributed by atoms with Gasteiger partial charge < -0.3 is 9.80 Å². The highest BCUT2D eigenvalue weighted by Crippen LogP contribution is 2.25. The van der Waals surface area contributed by atoms with E-state index < -0.39 is 0 Å². The van der Waals surface area contributed by atoms with Gasteiger partial charge in [0, 0.05) is 12.6 Å². The summed E-state index contributed by atoms with van der Waals surface area (Å²) in [5, 5.41) is 0. The Labute approximate surface area is 223 Å². The van der Waals surface area contributed by atoms with E-state index in [4.69, 9.17) is 0 Å². The van der Waals surface area contributed by atoms with E-state index in [1.165, 1.54) is 161 Å². The average Bonchev–Trinajstić information content (AvgIpc) is 2.88. The van der Waals surface area contributed by atoms with E-state index in [1.54, 1.807) is 0 Å². The first kappa shape index (κ1) is 32.9. The molecular weight excluding hydrogens is 424 g/mol. The van der Waals surface area contributed by atoms with Crippen molar-refractivity contribution in [2.75, 3.05) is 33.2 Å². The van der Waals surface area contributed by atoms with Crippen LogP contribution in [0.1, 0.15) is 163 Å². The van der Waals surface area contributed by atoms with Crippen LogP contribution in [0.3, 0.4) is 0 Å². The molecule has 0 amide bonds. The van der Waals surface area contributed by atoms with Crippen molar-refractivity contribution in [3.8, 4) is 0 Å². The van der Waals surface area contributed by atoms with Gasteiger partial charge in [-0.15, -0.1) is 0 Å². The molecule has 1 saturated heterocycles. The van der Waals surface area contributed by atoms with Gasteiger partial charge in [-0.1, -0.05) is 130 Å². The molecule has 0 N–H and O–H groups in total. The topological polar surface area (TPSA) is 6.48 Å². The van der Waals surface area contributed by atoms with Crippen LogP contribution < -0.4 is 0 Å². The van der Waals surface area contributed by atoms with Crippen molar-refractivity contribution in [3.05, 3.63) is 0 Å². The highest BCUT2D eigenvalue weighted by atomic mass is 15.2. The molecular formula is C33H68N2. The molecule has 2 heteroatoms. The Morgan fingerprint density at radius 1 is 0.571 bits per heavy atom. The second-order valence-corrected chi connectivity index (χ2v) is 12.2. The van der Waals surface area contributed by atoms with Crippen LogP contribution in [-0.2, 0) is 0 Å². The van der Waals surface area contributed by atoms with Gasteiger partial charge in [-0.05, 0) is 70.6 Å². The average molecular weight is 493 g/mol. The quantitative estimate of drug-likeness (QED) is 0.124. The first-order chi connectivity index (χ1) is 17.1. The van der Waals surface area contributed by atoms with E-state index in [1.807, 2.05) is 0 Å². The van der Waals surface area contributed by atoms with Crippen molar-refractivity contribution < 1.29 is 0 Å². The predicted octanol–water partition coefficient (Wildman–Crippen LogP) is 10.1. The predicted molar refractivity (Wildman–Crippen MR) is 159 cm³/mol. The van der Waals surface area contributed by atoms with Gasteiger partial charge in [0.25, 0.3) is 0 Å². The van der Waals surface area contributed by atoms with Crippen molar-refractivity contribution in [2.24, 2.45) is 11.8 Å². The van der Waals surface area contributed by atoms with Gasteiger partial charge in [0.2, 0.25) is 0 Å². The Hall–Kier alpha value is -0.0800. The van der Waals surface area contributed by atoms with Gasteiger partial charge in [0.15, 0.2) is 0 Å². The van der Waals surface area contributed by atoms with Crippen LogP contribution in [0.25, 0.3) is 0 Å². The van der Waals surface area contributed by atoms with Crippen LogP contribution in [0.4, 0.5) is 0 Å². The second kappa shape index (κ2) is 23.1. The molecule has 0 spiro atoms. The summed E-state index contributed by atoms with van der Waals surface area (Å²) >= 11 is 0. The zero-order chi connectivity index (χ0) is 25.6. The van der Waals surface area contributed by atoms with E-state index >= 15 is 0 Å². The van der Waals surface area contributed by atoms with Crippen molar-refractivity contribution in [2.45, 2.75) is 169 Å². The number of hydrogen-bond acceptors (Lipinski definition) is 2. The van der Waals surface area contributed by atoms with Crippen molar-refractivity contribution >= 4 is 0 Å². The lowest BCUT2D eigenvalue weighted by atomic mass is 9.91. The third kappa shape index (κ3) is 17.1. The summed E-state index contributed by atoms with van der Waals surface area (Å²) in [7, 11) is 2.45. The molecule has 0 radical (unpaired) electrons. The Balaban J connectivity index is 2.37. The van der Waals surface area contributed by atoms with Crippen LogP contribution in [0.2, 0.25) is 0 Å². The maximum Gasteiger partial charge on any atom is 0.0117 e. The SMILES string of the molecule is CCCCCCC(CCCC)CCN1CCC(N(C)CC(CCCCCC)CCCCCC)CC1. The van der Waals surface area contributed by atoms with Crippen LogP contribution >= 0.6 is 0 Å². The first-order valence-electron chi connectivity index (χ1n) is 16.6. The van der Waals surface area contributed by atoms with Crippen LogP contribution in [0.5, 0.6) is 0 Å². The lowest BCUT2D eigenvalue weighted by Gasteiger charge is -2.38. The molecule has 1 heterocycles. The molecule has 0 bridgehead atoms. The van der Waals surface area contributed by atoms with Gasteiger partial charge in [0.05, 0.1) is 0 Å². The van der Waals surface area contributed by atoms with Crippen molar-refractivity contribution in [3.63, 3.8) is 0 Å². The lowest BCUT2D eigenvalue weighted by molar-refractivity contribution is 0.107. The third-order valence-electron chi connectivity index (χ3n) is 8.94. The van der Waals surface area contributed by atoms with E-state index in [9.17, 15) is 0 Å². The molecule has 0 aliphatic carbocycles. The molecule has 1 aliphatic rings. The molecule has 2 nitrogen and oxygen atoms in total. The van der Waals surface area contributed by atoms with Crippen molar-refractivity contribution in [1.29, 1.82) is 0 Å². The fourth-order valence-electron chi connectivity index (χ4n) is 6.34. The number of piperidine rings is 1. The molecule has 0 aromatic rings. The van der Waals surface area contributed by atoms with Crippen LogP contribution in [0, 0.1) is 11.8 Å². The first-order valence-corrected chi connectivity index (χ1v) is 16.6. The minimum atomic E-state index is 0.824. The molecule has 1 aliphatic heterocycles. The standard InChI is InChI=1S/C33H68N2/c1-6-10-14-17-21-31(20-13-9-4)24-27-35-28-25-33(26-29-35)34(5)30-32(22-18-15-11-7-2)23-19-16-12-8-3/h31-33H,6-30H2,1-5H3. The summed E-state index contributed by atoms with van der Waals surface area (Å²) in [5.41, 5.74) is 0. The fraction of sp³-hybridized carbons (Fsp3) is 1.00. The van der Waals surface area contributed by atoms with Gasteiger partial charge in [-0.2, -0.15) is 0 Å². The number of nitrogens with zero attached hydrogens (tertiary/aromatic N) is 2. The third-order valence-corrected chi connectivity index (χ3v) is 8.94. The zero-order valence-corrected chi connectivity index (χ0v) is 25.3. The van der Waals surface area contributed by atoms with E-state index in [0.717, 1.165) is 17.9 Å². The van der Waals surface area contributed by atoms with Crippen LogP contribution in [-0.4, -0.2) is 49.1 Å². The monoisotopic (exact) mass is 493 g/mol. The summed E-state index contributed by atoms with van der Waals surface area (Å²) in [6, 6.07) is 0.824. The molecule has 210 valence electrons. The van der Waals surface area contributed by atoms with E-state index in [-0.39, 0.29) is 0 Å². The minimum Gasteiger partial charge on any atom is -0.303 e. The molecule has 1 unspecified atom stereocenters. The smallest absolute Gasteiger partial charge is 0.0117 e. The van der Waals surface area contributed by atoms with Gasteiger partial charge in [-0.25, -0.2) is 0 Å². The Kier molecular flexibility index (Phi) is 21.7. The van der Waals surface area contributed by atoms with Crippen LogP contribution in [0.15, 0.2) is 0 Å². The van der Waals surface area contributed by atoms with Gasteiger partial charge in [-0.3, -0.25) is 0 Å². The number of unbranched alkanes of at least 4 members (excludes halogenated alkanes) is 10. The molecule has 1 rings (SSSR count). The molecule has 0 aromatic carbocycles. The van der Waals surface area contributed by atoms with Gasteiger partial charge >= 0.3 is 0 Å². The molecule has 0 saturated carbocycles. The Morgan fingerprint density at radius 2 is 1.03 bits per heavy atom. The number of likely N-dealkylation sites (tertiary alicyclic amines) is 1. The maximum atomic E-state index is 2.81. The summed E-state index contributed by atoms with van der Waals surface area (Å²) in [6.45, 7) is 14.7. The summed E-state index contributed by atoms with van der Waals surface area (Å²) < 4.78 is 0. The fourth-order valence-corrected chi connectivity index (χ4v) is 6.34. The lowest BCUT2D eigenvalue weighted by Crippen LogP contribution is -2.45. The molecule has 1 atom stereocenters.